The Morgan fingerprint density at radius 2 is 2.08 bits per heavy atom. The lowest BCUT2D eigenvalue weighted by molar-refractivity contribution is -0.137. The first kappa shape index (κ1) is 19.2. The van der Waals surface area contributed by atoms with Crippen LogP contribution in [0.5, 0.6) is 0 Å². The van der Waals surface area contributed by atoms with Crippen molar-refractivity contribution in [2.75, 3.05) is 13.2 Å². The molecule has 1 heterocycles. The summed E-state index contributed by atoms with van der Waals surface area (Å²) in [5.74, 6) is -0.848. The van der Waals surface area contributed by atoms with E-state index in [1.165, 1.54) is 0 Å². The first-order chi connectivity index (χ1) is 12.0. The average Bonchev–Trinajstić information content (AvgIpc) is 2.60. The van der Waals surface area contributed by atoms with Crippen LogP contribution in [0.1, 0.15) is 38.7 Å². The van der Waals surface area contributed by atoms with E-state index in [2.05, 4.69) is 5.32 Å². The maximum atomic E-state index is 12.8. The minimum atomic E-state index is -0.848. The molecule has 1 aromatic rings. The van der Waals surface area contributed by atoms with E-state index in [1.54, 1.807) is 0 Å². The van der Waals surface area contributed by atoms with Crippen LogP contribution >= 0.6 is 0 Å². The Kier molecular flexibility index (Phi) is 7.25. The Morgan fingerprint density at radius 3 is 2.72 bits per heavy atom. The summed E-state index contributed by atoms with van der Waals surface area (Å²) in [6, 6.07) is 9.54. The van der Waals surface area contributed by atoms with Crippen LogP contribution in [0.2, 0.25) is 0 Å². The number of carboxylic acid groups (broad SMARTS) is 1. The lowest BCUT2D eigenvalue weighted by atomic mass is 10.0. The SMILES string of the molecule is CCC1COC(C)CN1C(=O)NC(CCC(=O)O)Cc1ccccc1. The maximum absolute atomic E-state index is 12.8. The van der Waals surface area contributed by atoms with Gasteiger partial charge in [0.05, 0.1) is 18.8 Å². The second kappa shape index (κ2) is 9.42. The molecule has 3 unspecified atom stereocenters. The Labute approximate surface area is 149 Å². The van der Waals surface area contributed by atoms with Crippen LogP contribution in [0.3, 0.4) is 0 Å². The van der Waals surface area contributed by atoms with E-state index in [1.807, 2.05) is 49.1 Å². The van der Waals surface area contributed by atoms with Crippen molar-refractivity contribution >= 4 is 12.0 Å². The molecule has 2 N–H and O–H groups in total. The molecular formula is C19H28N2O4. The van der Waals surface area contributed by atoms with E-state index in [0.717, 1.165) is 12.0 Å². The van der Waals surface area contributed by atoms with Gasteiger partial charge in [0, 0.05) is 19.0 Å². The van der Waals surface area contributed by atoms with Crippen LogP contribution in [0.25, 0.3) is 0 Å². The summed E-state index contributed by atoms with van der Waals surface area (Å²) < 4.78 is 5.64. The Bertz CT molecular complexity index is 564. The molecule has 1 aromatic carbocycles. The summed E-state index contributed by atoms with van der Waals surface area (Å²) in [5.41, 5.74) is 1.08. The molecule has 0 aromatic heterocycles. The van der Waals surface area contributed by atoms with Crippen LogP contribution in [0, 0.1) is 0 Å². The molecule has 138 valence electrons. The highest BCUT2D eigenvalue weighted by Gasteiger charge is 2.30. The van der Waals surface area contributed by atoms with Crippen LogP contribution in [-0.4, -0.2) is 53.3 Å². The number of amides is 2. The number of carbonyl (C=O) groups is 2. The van der Waals surface area contributed by atoms with Crippen LogP contribution in [0.15, 0.2) is 30.3 Å². The Hall–Kier alpha value is -2.08. The third-order valence-electron chi connectivity index (χ3n) is 4.56. The highest BCUT2D eigenvalue weighted by Crippen LogP contribution is 2.16. The van der Waals surface area contributed by atoms with Gasteiger partial charge in [0.25, 0.3) is 0 Å². The fourth-order valence-electron chi connectivity index (χ4n) is 3.11. The minimum absolute atomic E-state index is 0.0140. The zero-order chi connectivity index (χ0) is 18.2. The minimum Gasteiger partial charge on any atom is -0.481 e. The summed E-state index contributed by atoms with van der Waals surface area (Å²) in [7, 11) is 0. The van der Waals surface area contributed by atoms with Gasteiger partial charge in [-0.05, 0) is 31.7 Å². The molecule has 0 aliphatic carbocycles. The summed E-state index contributed by atoms with van der Waals surface area (Å²) in [4.78, 5) is 25.5. The predicted molar refractivity (Wildman–Crippen MR) is 95.5 cm³/mol. The molecule has 2 amide bonds. The molecule has 0 bridgehead atoms. The average molecular weight is 348 g/mol. The smallest absolute Gasteiger partial charge is 0.318 e. The number of benzene rings is 1. The first-order valence-electron chi connectivity index (χ1n) is 8.94. The molecule has 3 atom stereocenters. The zero-order valence-corrected chi connectivity index (χ0v) is 15.0. The van der Waals surface area contributed by atoms with Crippen molar-refractivity contribution in [3.8, 4) is 0 Å². The highest BCUT2D eigenvalue weighted by atomic mass is 16.5. The number of rotatable bonds is 7. The van der Waals surface area contributed by atoms with Crippen molar-refractivity contribution in [3.05, 3.63) is 35.9 Å². The molecule has 25 heavy (non-hydrogen) atoms. The van der Waals surface area contributed by atoms with Crippen molar-refractivity contribution in [1.29, 1.82) is 0 Å². The molecule has 0 radical (unpaired) electrons. The second-order valence-corrected chi connectivity index (χ2v) is 6.63. The molecule has 0 spiro atoms. The summed E-state index contributed by atoms with van der Waals surface area (Å²) in [6.07, 6.45) is 1.91. The normalized spacial score (nSPS) is 21.6. The van der Waals surface area contributed by atoms with E-state index in [9.17, 15) is 9.59 Å². The monoisotopic (exact) mass is 348 g/mol. The van der Waals surface area contributed by atoms with Crippen LogP contribution < -0.4 is 5.32 Å². The van der Waals surface area contributed by atoms with Crippen molar-refractivity contribution < 1.29 is 19.4 Å². The molecule has 1 aliphatic rings. The van der Waals surface area contributed by atoms with Crippen LogP contribution in [-0.2, 0) is 16.0 Å². The molecule has 0 saturated carbocycles. The largest absolute Gasteiger partial charge is 0.481 e. The van der Waals surface area contributed by atoms with Gasteiger partial charge in [0.1, 0.15) is 0 Å². The van der Waals surface area contributed by atoms with Crippen LogP contribution in [0.4, 0.5) is 4.79 Å². The van der Waals surface area contributed by atoms with Crippen molar-refractivity contribution in [2.45, 2.75) is 57.7 Å². The van der Waals surface area contributed by atoms with Gasteiger partial charge >= 0.3 is 12.0 Å². The number of morpholine rings is 1. The molecule has 6 heteroatoms. The molecule has 6 nitrogen and oxygen atoms in total. The van der Waals surface area contributed by atoms with Gasteiger partial charge in [-0.25, -0.2) is 4.79 Å². The Balaban J connectivity index is 2.03. The van der Waals surface area contributed by atoms with Gasteiger partial charge < -0.3 is 20.1 Å². The number of ether oxygens (including phenoxy) is 1. The summed E-state index contributed by atoms with van der Waals surface area (Å²) in [6.45, 7) is 5.10. The van der Waals surface area contributed by atoms with Gasteiger partial charge in [-0.1, -0.05) is 37.3 Å². The molecule has 1 fully saturated rings. The van der Waals surface area contributed by atoms with E-state index < -0.39 is 5.97 Å². The van der Waals surface area contributed by atoms with Crippen molar-refractivity contribution in [1.82, 2.24) is 10.2 Å². The van der Waals surface area contributed by atoms with Gasteiger partial charge in [0.15, 0.2) is 0 Å². The Morgan fingerprint density at radius 1 is 1.36 bits per heavy atom. The van der Waals surface area contributed by atoms with Gasteiger partial charge in [0.2, 0.25) is 0 Å². The maximum Gasteiger partial charge on any atom is 0.318 e. The third kappa shape index (κ3) is 6.05. The number of aliphatic carboxylic acids is 1. The molecule has 1 aliphatic heterocycles. The lowest BCUT2D eigenvalue weighted by Crippen LogP contribution is -2.56. The van der Waals surface area contributed by atoms with E-state index in [4.69, 9.17) is 9.84 Å². The van der Waals surface area contributed by atoms with E-state index >= 15 is 0 Å². The number of carbonyl (C=O) groups excluding carboxylic acids is 1. The number of nitrogens with zero attached hydrogens (tertiary/aromatic N) is 1. The predicted octanol–water partition coefficient (Wildman–Crippen LogP) is 2.67. The summed E-state index contributed by atoms with van der Waals surface area (Å²) >= 11 is 0. The fourth-order valence-corrected chi connectivity index (χ4v) is 3.11. The second-order valence-electron chi connectivity index (χ2n) is 6.63. The van der Waals surface area contributed by atoms with Gasteiger partial charge in [-0.3, -0.25) is 4.79 Å². The molecule has 1 saturated heterocycles. The standard InChI is InChI=1S/C19H28N2O4/c1-3-17-13-25-14(2)12-21(17)19(24)20-16(9-10-18(22)23)11-15-7-5-4-6-8-15/h4-8,14,16-17H,3,9-13H2,1-2H3,(H,20,24)(H,22,23). The fraction of sp³-hybridized carbons (Fsp3) is 0.579. The number of nitrogens with one attached hydrogen (secondary N) is 1. The van der Waals surface area contributed by atoms with E-state index in [0.29, 0.717) is 26.0 Å². The number of carboxylic acids is 1. The number of hydrogen-bond acceptors (Lipinski definition) is 3. The van der Waals surface area contributed by atoms with E-state index in [-0.39, 0.29) is 30.6 Å². The quantitative estimate of drug-likeness (QED) is 0.794. The number of hydrogen-bond donors (Lipinski definition) is 2. The number of urea groups is 1. The lowest BCUT2D eigenvalue weighted by Gasteiger charge is -2.39. The highest BCUT2D eigenvalue weighted by molar-refractivity contribution is 5.75. The van der Waals surface area contributed by atoms with Crippen molar-refractivity contribution in [2.24, 2.45) is 0 Å². The van der Waals surface area contributed by atoms with Gasteiger partial charge in [-0.2, -0.15) is 0 Å². The third-order valence-corrected chi connectivity index (χ3v) is 4.56. The molecular weight excluding hydrogens is 320 g/mol. The zero-order valence-electron chi connectivity index (χ0n) is 15.0. The van der Waals surface area contributed by atoms with Gasteiger partial charge in [-0.15, -0.1) is 0 Å². The van der Waals surface area contributed by atoms with Crippen molar-refractivity contribution in [3.63, 3.8) is 0 Å². The summed E-state index contributed by atoms with van der Waals surface area (Å²) in [5, 5.41) is 12.0. The molecule has 2 rings (SSSR count). The topological polar surface area (TPSA) is 78.9 Å². The first-order valence-corrected chi connectivity index (χ1v) is 8.94.